The number of rotatable bonds is 5. The Labute approximate surface area is 99.7 Å². The number of methoxy groups -OCH3 is 1. The molecular formula is C9H11BrF2N2O2. The second kappa shape index (κ2) is 5.93. The lowest BCUT2D eigenvalue weighted by Crippen LogP contribution is -2.12. The summed E-state index contributed by atoms with van der Waals surface area (Å²) in [4.78, 5) is 11.3. The third-order valence-corrected chi connectivity index (χ3v) is 2.32. The van der Waals surface area contributed by atoms with E-state index in [9.17, 15) is 13.6 Å². The number of ether oxygens (including phenoxy) is 1. The monoisotopic (exact) mass is 296 g/mol. The normalized spacial score (nSPS) is 10.8. The smallest absolute Gasteiger partial charge is 0.356 e. The van der Waals surface area contributed by atoms with Crippen molar-refractivity contribution in [2.45, 2.75) is 25.8 Å². The minimum absolute atomic E-state index is 0.210. The van der Waals surface area contributed by atoms with Gasteiger partial charge < -0.3 is 4.74 Å². The third kappa shape index (κ3) is 3.55. The van der Waals surface area contributed by atoms with Gasteiger partial charge in [-0.25, -0.2) is 13.6 Å². The Morgan fingerprint density at radius 3 is 2.94 bits per heavy atom. The van der Waals surface area contributed by atoms with Gasteiger partial charge in [-0.1, -0.05) is 0 Å². The maximum Gasteiger partial charge on any atom is 0.356 e. The first-order chi connectivity index (χ1) is 7.54. The van der Waals surface area contributed by atoms with Crippen LogP contribution in [0.3, 0.4) is 0 Å². The van der Waals surface area contributed by atoms with E-state index >= 15 is 0 Å². The zero-order chi connectivity index (χ0) is 12.1. The predicted molar refractivity (Wildman–Crippen MR) is 56.5 cm³/mol. The molecule has 0 unspecified atom stereocenters. The predicted octanol–water partition coefficient (Wildman–Crippen LogP) is 2.48. The lowest BCUT2D eigenvalue weighted by molar-refractivity contribution is 0.0586. The van der Waals surface area contributed by atoms with Crippen LogP contribution in [-0.2, 0) is 11.3 Å². The molecule has 0 radical (unpaired) electrons. The standard InChI is InChI=1S/C9H11BrF2N2O2/c1-16-9(15)6-5-7(10)13-14(6)4-2-3-8(11)12/h5,8H,2-4H2,1H3. The number of nitrogens with zero attached hydrogens (tertiary/aromatic N) is 2. The van der Waals surface area contributed by atoms with Crippen LogP contribution in [0.15, 0.2) is 10.7 Å². The summed E-state index contributed by atoms with van der Waals surface area (Å²) >= 11 is 3.11. The van der Waals surface area contributed by atoms with Crippen molar-refractivity contribution < 1.29 is 18.3 Å². The lowest BCUT2D eigenvalue weighted by Gasteiger charge is -2.05. The number of carbonyl (C=O) groups excluding carboxylic acids is 1. The van der Waals surface area contributed by atoms with Crippen LogP contribution in [0.5, 0.6) is 0 Å². The zero-order valence-electron chi connectivity index (χ0n) is 8.62. The zero-order valence-corrected chi connectivity index (χ0v) is 10.2. The number of hydrogen-bond donors (Lipinski definition) is 0. The van der Waals surface area contributed by atoms with Crippen LogP contribution in [-0.4, -0.2) is 29.3 Å². The van der Waals surface area contributed by atoms with E-state index in [1.54, 1.807) is 0 Å². The van der Waals surface area contributed by atoms with Gasteiger partial charge in [0.05, 0.1) is 7.11 Å². The molecule has 0 fully saturated rings. The van der Waals surface area contributed by atoms with Crippen LogP contribution in [0.25, 0.3) is 0 Å². The number of aromatic nitrogens is 2. The van der Waals surface area contributed by atoms with E-state index in [-0.39, 0.29) is 25.1 Å². The largest absolute Gasteiger partial charge is 0.464 e. The van der Waals surface area contributed by atoms with Crippen molar-refractivity contribution in [2.75, 3.05) is 7.11 Å². The van der Waals surface area contributed by atoms with E-state index in [0.717, 1.165) is 0 Å². The summed E-state index contributed by atoms with van der Waals surface area (Å²) in [5, 5.41) is 3.96. The highest BCUT2D eigenvalue weighted by Crippen LogP contribution is 2.13. The number of halogens is 3. The fraction of sp³-hybridized carbons (Fsp3) is 0.556. The molecular weight excluding hydrogens is 286 g/mol. The highest BCUT2D eigenvalue weighted by atomic mass is 79.9. The molecule has 0 amide bonds. The van der Waals surface area contributed by atoms with Crippen LogP contribution in [0.2, 0.25) is 0 Å². The van der Waals surface area contributed by atoms with Crippen LogP contribution in [0.1, 0.15) is 23.3 Å². The molecule has 0 saturated heterocycles. The molecule has 16 heavy (non-hydrogen) atoms. The molecule has 0 bridgehead atoms. The van der Waals surface area contributed by atoms with Gasteiger partial charge in [0.1, 0.15) is 10.3 Å². The fourth-order valence-electron chi connectivity index (χ4n) is 1.22. The van der Waals surface area contributed by atoms with Gasteiger partial charge in [0.15, 0.2) is 0 Å². The molecule has 1 aromatic heterocycles. The maximum absolute atomic E-state index is 11.9. The third-order valence-electron chi connectivity index (χ3n) is 1.94. The molecule has 0 aliphatic heterocycles. The Morgan fingerprint density at radius 2 is 2.38 bits per heavy atom. The van der Waals surface area contributed by atoms with Crippen molar-refractivity contribution in [1.29, 1.82) is 0 Å². The molecule has 90 valence electrons. The molecule has 0 aromatic carbocycles. The average molecular weight is 297 g/mol. The molecule has 0 aliphatic rings. The molecule has 0 atom stereocenters. The SMILES string of the molecule is COC(=O)c1cc(Br)nn1CCCC(F)F. The molecule has 1 heterocycles. The number of aryl methyl sites for hydroxylation is 1. The average Bonchev–Trinajstić information content (AvgIpc) is 2.58. The summed E-state index contributed by atoms with van der Waals surface area (Å²) in [6.07, 6.45) is -2.28. The second-order valence-corrected chi connectivity index (χ2v) is 3.91. The van der Waals surface area contributed by atoms with E-state index in [1.165, 1.54) is 17.9 Å². The molecule has 0 aliphatic carbocycles. The van der Waals surface area contributed by atoms with Gasteiger partial charge in [-0.2, -0.15) is 5.10 Å². The summed E-state index contributed by atoms with van der Waals surface area (Å²) in [5.74, 6) is -0.532. The lowest BCUT2D eigenvalue weighted by atomic mass is 10.3. The summed E-state index contributed by atoms with van der Waals surface area (Å²) in [5.41, 5.74) is 0.253. The summed E-state index contributed by atoms with van der Waals surface area (Å²) in [6, 6.07) is 1.49. The molecule has 0 saturated carbocycles. The molecule has 1 rings (SSSR count). The first kappa shape index (κ1) is 13.1. The van der Waals surface area contributed by atoms with Crippen LogP contribution < -0.4 is 0 Å². The van der Waals surface area contributed by atoms with Gasteiger partial charge >= 0.3 is 5.97 Å². The van der Waals surface area contributed by atoms with E-state index < -0.39 is 12.4 Å². The van der Waals surface area contributed by atoms with Crippen molar-refractivity contribution in [1.82, 2.24) is 9.78 Å². The highest BCUT2D eigenvalue weighted by Gasteiger charge is 2.15. The Balaban J connectivity index is 2.67. The van der Waals surface area contributed by atoms with E-state index in [0.29, 0.717) is 4.60 Å². The first-order valence-corrected chi connectivity index (χ1v) is 5.43. The Kier molecular flexibility index (Phi) is 4.85. The van der Waals surface area contributed by atoms with E-state index in [2.05, 4.69) is 25.8 Å². The molecule has 4 nitrogen and oxygen atoms in total. The summed E-state index contributed by atoms with van der Waals surface area (Å²) < 4.78 is 30.3. The van der Waals surface area contributed by atoms with Gasteiger partial charge in [0, 0.05) is 19.0 Å². The Hall–Kier alpha value is -0.980. The van der Waals surface area contributed by atoms with Crippen LogP contribution in [0, 0.1) is 0 Å². The highest BCUT2D eigenvalue weighted by molar-refractivity contribution is 9.10. The van der Waals surface area contributed by atoms with Crippen LogP contribution >= 0.6 is 15.9 Å². The van der Waals surface area contributed by atoms with Gasteiger partial charge in [-0.3, -0.25) is 4.68 Å². The van der Waals surface area contributed by atoms with Crippen molar-refractivity contribution in [2.24, 2.45) is 0 Å². The van der Waals surface area contributed by atoms with Gasteiger partial charge in [0.2, 0.25) is 6.43 Å². The van der Waals surface area contributed by atoms with Gasteiger partial charge in [-0.05, 0) is 22.4 Å². The summed E-state index contributed by atoms with van der Waals surface area (Å²) in [7, 11) is 1.26. The number of esters is 1. The maximum atomic E-state index is 11.9. The van der Waals surface area contributed by atoms with Crippen molar-refractivity contribution in [3.63, 3.8) is 0 Å². The number of alkyl halides is 2. The fourth-order valence-corrected chi connectivity index (χ4v) is 1.63. The van der Waals surface area contributed by atoms with E-state index in [1.807, 2.05) is 0 Å². The number of carbonyl (C=O) groups is 1. The quantitative estimate of drug-likeness (QED) is 0.784. The van der Waals surface area contributed by atoms with Crippen molar-refractivity contribution >= 4 is 21.9 Å². The van der Waals surface area contributed by atoms with Crippen molar-refractivity contribution in [3.8, 4) is 0 Å². The Morgan fingerprint density at radius 1 is 1.69 bits per heavy atom. The van der Waals surface area contributed by atoms with Crippen molar-refractivity contribution in [3.05, 3.63) is 16.4 Å². The summed E-state index contributed by atoms with van der Waals surface area (Å²) in [6.45, 7) is 0.264. The minimum atomic E-state index is -2.33. The first-order valence-electron chi connectivity index (χ1n) is 4.64. The molecule has 0 spiro atoms. The Bertz CT molecular complexity index is 368. The minimum Gasteiger partial charge on any atom is -0.464 e. The van der Waals surface area contributed by atoms with Crippen LogP contribution in [0.4, 0.5) is 8.78 Å². The topological polar surface area (TPSA) is 44.1 Å². The van der Waals surface area contributed by atoms with E-state index in [4.69, 9.17) is 0 Å². The van der Waals surface area contributed by atoms with Gasteiger partial charge in [-0.15, -0.1) is 0 Å². The second-order valence-electron chi connectivity index (χ2n) is 3.10. The molecule has 1 aromatic rings. The molecule has 0 N–H and O–H groups in total. The molecule has 7 heteroatoms. The number of hydrogen-bond acceptors (Lipinski definition) is 3. The van der Waals surface area contributed by atoms with Gasteiger partial charge in [0.25, 0.3) is 0 Å².